The SMILES string of the molecule is Cc1cccc(C2NNCC2C(=O)N2CCn3cncc3C2)c1. The van der Waals surface area contributed by atoms with Crippen molar-refractivity contribution in [3.63, 3.8) is 0 Å². The Kier molecular flexibility index (Phi) is 3.63. The number of fused-ring (bicyclic) bond motifs is 1. The average molecular weight is 311 g/mol. The maximum absolute atomic E-state index is 13.0. The minimum atomic E-state index is -0.0775. The van der Waals surface area contributed by atoms with Crippen LogP contribution in [0.5, 0.6) is 0 Å². The van der Waals surface area contributed by atoms with Crippen LogP contribution in [0.1, 0.15) is 22.9 Å². The van der Waals surface area contributed by atoms with Crippen molar-refractivity contribution >= 4 is 5.91 Å². The summed E-state index contributed by atoms with van der Waals surface area (Å²) in [7, 11) is 0. The van der Waals surface area contributed by atoms with Crippen LogP contribution in [0, 0.1) is 12.8 Å². The fourth-order valence-electron chi connectivity index (χ4n) is 3.51. The second kappa shape index (κ2) is 5.79. The lowest BCUT2D eigenvalue weighted by Gasteiger charge is -2.31. The first kappa shape index (κ1) is 14.4. The van der Waals surface area contributed by atoms with Gasteiger partial charge >= 0.3 is 0 Å². The number of hydrogen-bond acceptors (Lipinski definition) is 4. The van der Waals surface area contributed by atoms with Crippen LogP contribution >= 0.6 is 0 Å². The van der Waals surface area contributed by atoms with Crippen LogP contribution < -0.4 is 10.9 Å². The Morgan fingerprint density at radius 1 is 1.35 bits per heavy atom. The smallest absolute Gasteiger partial charge is 0.229 e. The summed E-state index contributed by atoms with van der Waals surface area (Å²) < 4.78 is 2.12. The number of nitrogens with zero attached hydrogens (tertiary/aromatic N) is 3. The zero-order valence-electron chi connectivity index (χ0n) is 13.2. The largest absolute Gasteiger partial charge is 0.335 e. The fraction of sp³-hybridized carbons (Fsp3) is 0.412. The zero-order valence-corrected chi connectivity index (χ0v) is 13.2. The van der Waals surface area contributed by atoms with Gasteiger partial charge in [0.05, 0.1) is 30.5 Å². The van der Waals surface area contributed by atoms with Crippen LogP contribution in [0.4, 0.5) is 0 Å². The van der Waals surface area contributed by atoms with Crippen LogP contribution in [0.3, 0.4) is 0 Å². The molecule has 2 aromatic rings. The van der Waals surface area contributed by atoms with Gasteiger partial charge in [-0.15, -0.1) is 0 Å². The number of rotatable bonds is 2. The molecule has 0 bridgehead atoms. The van der Waals surface area contributed by atoms with E-state index in [0.717, 1.165) is 24.3 Å². The summed E-state index contributed by atoms with van der Waals surface area (Å²) in [4.78, 5) is 19.1. The number of amides is 1. The monoisotopic (exact) mass is 311 g/mol. The van der Waals surface area contributed by atoms with E-state index in [9.17, 15) is 4.79 Å². The molecule has 2 aliphatic heterocycles. The number of hydrazine groups is 1. The Balaban J connectivity index is 1.54. The number of aromatic nitrogens is 2. The van der Waals surface area contributed by atoms with E-state index in [1.54, 1.807) is 0 Å². The van der Waals surface area contributed by atoms with E-state index in [1.807, 2.05) is 23.5 Å². The molecular weight excluding hydrogens is 290 g/mol. The van der Waals surface area contributed by atoms with Crippen LogP contribution in [0.15, 0.2) is 36.8 Å². The van der Waals surface area contributed by atoms with Crippen LogP contribution in [-0.4, -0.2) is 33.4 Å². The van der Waals surface area contributed by atoms with Gasteiger partial charge in [-0.25, -0.2) is 10.4 Å². The Morgan fingerprint density at radius 2 is 2.26 bits per heavy atom. The van der Waals surface area contributed by atoms with E-state index >= 15 is 0 Å². The number of benzene rings is 1. The first-order valence-electron chi connectivity index (χ1n) is 8.05. The number of nitrogens with one attached hydrogen (secondary N) is 2. The van der Waals surface area contributed by atoms with Gasteiger partial charge in [-0.2, -0.15) is 0 Å². The number of carbonyl (C=O) groups excluding carboxylic acids is 1. The van der Waals surface area contributed by atoms with Crippen molar-refractivity contribution in [2.75, 3.05) is 13.1 Å². The molecule has 1 amide bonds. The van der Waals surface area contributed by atoms with Gasteiger partial charge in [0.2, 0.25) is 5.91 Å². The van der Waals surface area contributed by atoms with Gasteiger partial charge in [0.1, 0.15) is 0 Å². The Morgan fingerprint density at radius 3 is 3.13 bits per heavy atom. The van der Waals surface area contributed by atoms with Crippen molar-refractivity contribution in [1.29, 1.82) is 0 Å². The molecule has 1 aromatic heterocycles. The molecule has 2 unspecified atom stereocenters. The lowest BCUT2D eigenvalue weighted by atomic mass is 9.92. The predicted octanol–water partition coefficient (Wildman–Crippen LogP) is 0.999. The second-order valence-corrected chi connectivity index (χ2v) is 6.36. The maximum Gasteiger partial charge on any atom is 0.229 e. The number of hydrogen-bond donors (Lipinski definition) is 2. The highest BCUT2D eigenvalue weighted by Crippen LogP contribution is 2.28. The molecule has 0 radical (unpaired) electrons. The first-order valence-corrected chi connectivity index (χ1v) is 8.05. The van der Waals surface area contributed by atoms with Gasteiger partial charge in [0.25, 0.3) is 0 Å². The van der Waals surface area contributed by atoms with E-state index < -0.39 is 0 Å². The third-order valence-corrected chi connectivity index (χ3v) is 4.77. The van der Waals surface area contributed by atoms with E-state index in [4.69, 9.17) is 0 Å². The second-order valence-electron chi connectivity index (χ2n) is 6.36. The molecule has 2 N–H and O–H groups in total. The molecular formula is C17H21N5O. The van der Waals surface area contributed by atoms with E-state index in [1.165, 1.54) is 5.56 Å². The lowest BCUT2D eigenvalue weighted by Crippen LogP contribution is -2.43. The van der Waals surface area contributed by atoms with E-state index in [-0.39, 0.29) is 17.9 Å². The van der Waals surface area contributed by atoms with Crippen molar-refractivity contribution < 1.29 is 4.79 Å². The molecule has 2 atom stereocenters. The van der Waals surface area contributed by atoms with Gasteiger partial charge in [0.15, 0.2) is 0 Å². The number of carbonyl (C=O) groups is 1. The van der Waals surface area contributed by atoms with Crippen LogP contribution in [-0.2, 0) is 17.9 Å². The number of aryl methyl sites for hydroxylation is 1. The van der Waals surface area contributed by atoms with Gasteiger partial charge < -0.3 is 9.47 Å². The van der Waals surface area contributed by atoms with Crippen molar-refractivity contribution in [2.24, 2.45) is 5.92 Å². The molecule has 2 aliphatic rings. The third-order valence-electron chi connectivity index (χ3n) is 4.77. The van der Waals surface area contributed by atoms with Gasteiger partial charge in [-0.05, 0) is 12.5 Å². The quantitative estimate of drug-likeness (QED) is 0.868. The molecule has 23 heavy (non-hydrogen) atoms. The molecule has 6 nitrogen and oxygen atoms in total. The maximum atomic E-state index is 13.0. The minimum absolute atomic E-state index is 0.0224. The lowest BCUT2D eigenvalue weighted by molar-refractivity contribution is -0.137. The van der Waals surface area contributed by atoms with Crippen molar-refractivity contribution in [2.45, 2.75) is 26.1 Å². The van der Waals surface area contributed by atoms with Gasteiger partial charge in [-0.3, -0.25) is 10.2 Å². The van der Waals surface area contributed by atoms with Crippen LogP contribution in [0.25, 0.3) is 0 Å². The highest BCUT2D eigenvalue weighted by molar-refractivity contribution is 5.80. The van der Waals surface area contributed by atoms with E-state index in [2.05, 4.69) is 45.5 Å². The summed E-state index contributed by atoms with van der Waals surface area (Å²) >= 11 is 0. The summed E-state index contributed by atoms with van der Waals surface area (Å²) in [6.45, 7) is 4.96. The molecule has 0 spiro atoms. The Hall–Kier alpha value is -2.18. The topological polar surface area (TPSA) is 62.2 Å². The summed E-state index contributed by atoms with van der Waals surface area (Å²) in [5.41, 5.74) is 9.91. The molecule has 120 valence electrons. The highest BCUT2D eigenvalue weighted by Gasteiger charge is 2.37. The zero-order chi connectivity index (χ0) is 15.8. The molecule has 4 rings (SSSR count). The summed E-state index contributed by atoms with van der Waals surface area (Å²) in [5.74, 6) is 0.132. The normalized spacial score (nSPS) is 23.8. The average Bonchev–Trinajstić information content (AvgIpc) is 3.22. The van der Waals surface area contributed by atoms with Gasteiger partial charge in [-0.1, -0.05) is 29.8 Å². The van der Waals surface area contributed by atoms with Gasteiger partial charge in [0, 0.05) is 25.8 Å². The molecule has 3 heterocycles. The summed E-state index contributed by atoms with van der Waals surface area (Å²) in [5, 5.41) is 0. The summed E-state index contributed by atoms with van der Waals surface area (Å²) in [6.07, 6.45) is 3.69. The van der Waals surface area contributed by atoms with Crippen molar-refractivity contribution in [3.8, 4) is 0 Å². The number of imidazole rings is 1. The third kappa shape index (κ3) is 2.64. The van der Waals surface area contributed by atoms with Crippen LogP contribution in [0.2, 0.25) is 0 Å². The highest BCUT2D eigenvalue weighted by atomic mass is 16.2. The molecule has 1 saturated heterocycles. The Bertz CT molecular complexity index is 725. The molecule has 1 fully saturated rings. The first-order chi connectivity index (χ1) is 11.2. The predicted molar refractivity (Wildman–Crippen MR) is 86.2 cm³/mol. The van der Waals surface area contributed by atoms with E-state index in [0.29, 0.717) is 13.1 Å². The van der Waals surface area contributed by atoms with Crippen molar-refractivity contribution in [3.05, 3.63) is 53.6 Å². The molecule has 0 aliphatic carbocycles. The minimum Gasteiger partial charge on any atom is -0.335 e. The fourth-order valence-corrected chi connectivity index (χ4v) is 3.51. The summed E-state index contributed by atoms with van der Waals surface area (Å²) in [6, 6.07) is 8.38. The molecule has 0 saturated carbocycles. The molecule has 1 aromatic carbocycles. The molecule has 6 heteroatoms. The standard InChI is InChI=1S/C17H21N5O/c1-12-3-2-4-13(7-12)16-15(9-19-20-16)17(23)21-5-6-22-11-18-8-14(22)10-21/h2-4,7-8,11,15-16,19-20H,5-6,9-10H2,1H3. The van der Waals surface area contributed by atoms with Crippen molar-refractivity contribution in [1.82, 2.24) is 25.3 Å². The Labute approximate surface area is 135 Å².